The quantitative estimate of drug-likeness (QED) is 0.735. The summed E-state index contributed by atoms with van der Waals surface area (Å²) >= 11 is 6.71. The largest absolute Gasteiger partial charge is 0.337 e. The molecule has 0 fully saturated rings. The van der Waals surface area contributed by atoms with Crippen LogP contribution in [0.2, 0.25) is 0 Å². The molecular formula is C15H12Br2FNO. The van der Waals surface area contributed by atoms with Gasteiger partial charge in [-0.2, -0.15) is 0 Å². The van der Waals surface area contributed by atoms with Crippen LogP contribution in [-0.4, -0.2) is 17.9 Å². The van der Waals surface area contributed by atoms with Crippen LogP contribution in [-0.2, 0) is 6.54 Å². The number of benzene rings is 2. The molecular weight excluding hydrogens is 389 g/mol. The highest BCUT2D eigenvalue weighted by Gasteiger charge is 2.13. The number of hydrogen-bond donors (Lipinski definition) is 0. The maximum absolute atomic E-state index is 13.1. The summed E-state index contributed by atoms with van der Waals surface area (Å²) in [5.41, 5.74) is 1.33. The van der Waals surface area contributed by atoms with E-state index in [2.05, 4.69) is 31.9 Å². The Labute approximate surface area is 133 Å². The van der Waals surface area contributed by atoms with Crippen molar-refractivity contribution in [1.29, 1.82) is 0 Å². The minimum atomic E-state index is -0.298. The van der Waals surface area contributed by atoms with Crippen LogP contribution < -0.4 is 0 Å². The van der Waals surface area contributed by atoms with Gasteiger partial charge in [0.25, 0.3) is 5.91 Å². The molecule has 2 nitrogen and oxygen atoms in total. The molecule has 2 rings (SSSR count). The zero-order chi connectivity index (χ0) is 14.7. The van der Waals surface area contributed by atoms with Crippen molar-refractivity contribution in [3.8, 4) is 0 Å². The van der Waals surface area contributed by atoms with E-state index in [1.54, 1.807) is 36.2 Å². The molecule has 1 amide bonds. The highest BCUT2D eigenvalue weighted by Crippen LogP contribution is 2.21. The van der Waals surface area contributed by atoms with E-state index in [1.807, 2.05) is 6.07 Å². The summed E-state index contributed by atoms with van der Waals surface area (Å²) in [6.07, 6.45) is 0. The van der Waals surface area contributed by atoms with Gasteiger partial charge in [-0.25, -0.2) is 4.39 Å². The number of halogens is 3. The van der Waals surface area contributed by atoms with Crippen molar-refractivity contribution in [2.75, 3.05) is 7.05 Å². The van der Waals surface area contributed by atoms with Gasteiger partial charge in [0.1, 0.15) is 5.82 Å². The van der Waals surface area contributed by atoms with Gasteiger partial charge < -0.3 is 4.90 Å². The molecule has 0 aliphatic heterocycles. The maximum atomic E-state index is 13.1. The van der Waals surface area contributed by atoms with Crippen LogP contribution in [0.4, 0.5) is 4.39 Å². The predicted octanol–water partition coefficient (Wildman–Crippen LogP) is 4.62. The summed E-state index contributed by atoms with van der Waals surface area (Å²) in [6.45, 7) is 0.362. The summed E-state index contributed by atoms with van der Waals surface area (Å²) < 4.78 is 14.8. The SMILES string of the molecule is CN(Cc1cccc(F)c1)C(=O)c1cc(Br)cc(Br)c1. The molecule has 0 bridgehead atoms. The van der Waals surface area contributed by atoms with Crippen molar-refractivity contribution in [3.05, 3.63) is 68.4 Å². The molecule has 0 radical (unpaired) electrons. The summed E-state index contributed by atoms with van der Waals surface area (Å²) in [5.74, 6) is -0.412. The molecule has 2 aromatic rings. The van der Waals surface area contributed by atoms with E-state index in [9.17, 15) is 9.18 Å². The Hall–Kier alpha value is -1.20. The Morgan fingerprint density at radius 2 is 1.80 bits per heavy atom. The lowest BCUT2D eigenvalue weighted by Crippen LogP contribution is -2.26. The van der Waals surface area contributed by atoms with Gasteiger partial charge in [-0.1, -0.05) is 44.0 Å². The summed E-state index contributed by atoms with van der Waals surface area (Å²) in [4.78, 5) is 13.9. The molecule has 0 unspecified atom stereocenters. The average Bonchev–Trinajstić information content (AvgIpc) is 2.36. The second-order valence-electron chi connectivity index (χ2n) is 4.45. The smallest absolute Gasteiger partial charge is 0.253 e. The van der Waals surface area contributed by atoms with Crippen molar-refractivity contribution in [1.82, 2.24) is 4.90 Å². The van der Waals surface area contributed by atoms with Gasteiger partial charge in [-0.15, -0.1) is 0 Å². The molecule has 0 saturated heterocycles. The Morgan fingerprint density at radius 3 is 2.40 bits per heavy atom. The lowest BCUT2D eigenvalue weighted by molar-refractivity contribution is 0.0785. The van der Waals surface area contributed by atoms with Gasteiger partial charge in [0.05, 0.1) is 0 Å². The predicted molar refractivity (Wildman–Crippen MR) is 84.0 cm³/mol. The summed E-state index contributed by atoms with van der Waals surface area (Å²) in [5, 5.41) is 0. The molecule has 20 heavy (non-hydrogen) atoms. The standard InChI is InChI=1S/C15H12Br2FNO/c1-19(9-10-3-2-4-14(18)5-10)15(20)11-6-12(16)8-13(17)7-11/h2-8H,9H2,1H3. The Morgan fingerprint density at radius 1 is 1.15 bits per heavy atom. The molecule has 5 heteroatoms. The van der Waals surface area contributed by atoms with Crippen LogP contribution in [0.5, 0.6) is 0 Å². The van der Waals surface area contributed by atoms with E-state index in [4.69, 9.17) is 0 Å². The highest BCUT2D eigenvalue weighted by molar-refractivity contribution is 9.11. The molecule has 0 saturated carbocycles. The minimum Gasteiger partial charge on any atom is -0.337 e. The number of carbonyl (C=O) groups excluding carboxylic acids is 1. The molecule has 0 spiro atoms. The third-order valence-electron chi connectivity index (χ3n) is 2.76. The fourth-order valence-corrected chi connectivity index (χ4v) is 3.17. The number of rotatable bonds is 3. The molecule has 0 aliphatic rings. The third kappa shape index (κ3) is 3.90. The first-order valence-electron chi connectivity index (χ1n) is 5.92. The second-order valence-corrected chi connectivity index (χ2v) is 6.28. The second kappa shape index (κ2) is 6.50. The van der Waals surface area contributed by atoms with Gasteiger partial charge in [-0.05, 0) is 35.9 Å². The zero-order valence-electron chi connectivity index (χ0n) is 10.7. The molecule has 0 aromatic heterocycles. The van der Waals surface area contributed by atoms with Crippen LogP contribution in [0.3, 0.4) is 0 Å². The minimum absolute atomic E-state index is 0.115. The van der Waals surface area contributed by atoms with Crippen LogP contribution in [0.25, 0.3) is 0 Å². The summed E-state index contributed by atoms with van der Waals surface area (Å²) in [6, 6.07) is 11.6. The molecule has 0 aliphatic carbocycles. The highest BCUT2D eigenvalue weighted by atomic mass is 79.9. The van der Waals surface area contributed by atoms with Crippen molar-refractivity contribution in [3.63, 3.8) is 0 Å². The average molecular weight is 401 g/mol. The molecule has 0 heterocycles. The van der Waals surface area contributed by atoms with E-state index in [1.165, 1.54) is 12.1 Å². The third-order valence-corrected chi connectivity index (χ3v) is 3.68. The number of nitrogens with zero attached hydrogens (tertiary/aromatic N) is 1. The number of amides is 1. The lowest BCUT2D eigenvalue weighted by atomic mass is 10.1. The topological polar surface area (TPSA) is 20.3 Å². The van der Waals surface area contributed by atoms with E-state index in [0.717, 1.165) is 14.5 Å². The Bertz CT molecular complexity index is 625. The molecule has 0 atom stereocenters. The Kier molecular flexibility index (Phi) is 4.94. The van der Waals surface area contributed by atoms with E-state index < -0.39 is 0 Å². The number of carbonyl (C=O) groups is 1. The van der Waals surface area contributed by atoms with Crippen molar-refractivity contribution < 1.29 is 9.18 Å². The van der Waals surface area contributed by atoms with Crippen molar-refractivity contribution in [2.24, 2.45) is 0 Å². The van der Waals surface area contributed by atoms with Crippen molar-refractivity contribution in [2.45, 2.75) is 6.54 Å². The van der Waals surface area contributed by atoms with Gasteiger partial charge in [0.15, 0.2) is 0 Å². The van der Waals surface area contributed by atoms with Crippen LogP contribution in [0.1, 0.15) is 15.9 Å². The Balaban J connectivity index is 2.16. The first-order valence-corrected chi connectivity index (χ1v) is 7.50. The van der Waals surface area contributed by atoms with Gasteiger partial charge in [0.2, 0.25) is 0 Å². The molecule has 2 aromatic carbocycles. The molecule has 0 N–H and O–H groups in total. The maximum Gasteiger partial charge on any atom is 0.253 e. The van der Waals surface area contributed by atoms with Gasteiger partial charge in [-0.3, -0.25) is 4.79 Å². The first kappa shape index (κ1) is 15.2. The normalized spacial score (nSPS) is 10.4. The fourth-order valence-electron chi connectivity index (χ4n) is 1.88. The van der Waals surface area contributed by atoms with E-state index in [-0.39, 0.29) is 11.7 Å². The van der Waals surface area contributed by atoms with E-state index >= 15 is 0 Å². The van der Waals surface area contributed by atoms with Crippen LogP contribution in [0.15, 0.2) is 51.4 Å². The number of hydrogen-bond acceptors (Lipinski definition) is 1. The fraction of sp³-hybridized carbons (Fsp3) is 0.133. The van der Waals surface area contributed by atoms with Gasteiger partial charge in [0, 0.05) is 28.1 Å². The van der Waals surface area contributed by atoms with Crippen LogP contribution >= 0.6 is 31.9 Å². The first-order chi connectivity index (χ1) is 9.45. The summed E-state index contributed by atoms with van der Waals surface area (Å²) in [7, 11) is 1.70. The van der Waals surface area contributed by atoms with Gasteiger partial charge >= 0.3 is 0 Å². The van der Waals surface area contributed by atoms with E-state index in [0.29, 0.717) is 12.1 Å². The van der Waals surface area contributed by atoms with Crippen molar-refractivity contribution >= 4 is 37.8 Å². The lowest BCUT2D eigenvalue weighted by Gasteiger charge is -2.17. The van der Waals surface area contributed by atoms with Crippen LogP contribution in [0, 0.1) is 5.82 Å². The molecule has 104 valence electrons. The zero-order valence-corrected chi connectivity index (χ0v) is 13.9. The monoisotopic (exact) mass is 399 g/mol.